The number of aromatic nitrogens is 3. The second-order valence-corrected chi connectivity index (χ2v) is 8.61. The maximum absolute atomic E-state index is 11.5. The Bertz CT molecular complexity index is 735. The number of hydrogen-bond acceptors (Lipinski definition) is 6. The Labute approximate surface area is 128 Å². The molecule has 6 nitrogen and oxygen atoms in total. The summed E-state index contributed by atoms with van der Waals surface area (Å²) in [6, 6.07) is 0.110. The molecule has 0 bridgehead atoms. The number of sulfone groups is 1. The molecule has 1 unspecified atom stereocenters. The molecule has 1 aliphatic rings. The monoisotopic (exact) mass is 326 g/mol. The lowest BCUT2D eigenvalue weighted by atomic mass is 10.2. The van der Waals surface area contributed by atoms with Crippen molar-refractivity contribution in [2.24, 2.45) is 7.05 Å². The second-order valence-electron chi connectivity index (χ2n) is 5.52. The minimum atomic E-state index is -2.84. The maximum Gasteiger partial charge on any atom is 0.151 e. The first-order valence-electron chi connectivity index (χ1n) is 6.77. The average molecular weight is 326 g/mol. The predicted octanol–water partition coefficient (Wildman–Crippen LogP) is 1.16. The Kier molecular flexibility index (Phi) is 3.85. The van der Waals surface area contributed by atoms with Crippen LogP contribution in [0, 0.1) is 0 Å². The van der Waals surface area contributed by atoms with Gasteiger partial charge in [-0.25, -0.2) is 13.4 Å². The fourth-order valence-electron chi connectivity index (χ4n) is 2.55. The predicted molar refractivity (Wildman–Crippen MR) is 82.8 cm³/mol. The van der Waals surface area contributed by atoms with Gasteiger partial charge in [-0.2, -0.15) is 5.10 Å². The molecular weight excluding hydrogens is 308 g/mol. The van der Waals surface area contributed by atoms with Crippen LogP contribution < -0.4 is 0 Å². The fraction of sp³-hybridized carbons (Fsp3) is 0.538. The van der Waals surface area contributed by atoms with E-state index in [2.05, 4.69) is 15.0 Å². The molecule has 8 heteroatoms. The zero-order valence-corrected chi connectivity index (χ0v) is 13.7. The molecule has 3 rings (SSSR count). The van der Waals surface area contributed by atoms with Crippen molar-refractivity contribution in [2.45, 2.75) is 19.0 Å². The lowest BCUT2D eigenvalue weighted by Crippen LogP contribution is -2.32. The van der Waals surface area contributed by atoms with E-state index >= 15 is 0 Å². The Morgan fingerprint density at radius 2 is 2.33 bits per heavy atom. The molecule has 114 valence electrons. The highest BCUT2D eigenvalue weighted by atomic mass is 32.2. The van der Waals surface area contributed by atoms with Gasteiger partial charge in [0.25, 0.3) is 0 Å². The molecule has 2 aromatic heterocycles. The molecule has 0 spiro atoms. The molecule has 21 heavy (non-hydrogen) atoms. The van der Waals surface area contributed by atoms with Gasteiger partial charge in [0.05, 0.1) is 23.4 Å². The van der Waals surface area contributed by atoms with E-state index in [-0.39, 0.29) is 11.8 Å². The van der Waals surface area contributed by atoms with E-state index in [0.29, 0.717) is 12.3 Å². The molecule has 1 fully saturated rings. The van der Waals surface area contributed by atoms with Gasteiger partial charge in [0.1, 0.15) is 5.01 Å². The second kappa shape index (κ2) is 5.51. The van der Waals surface area contributed by atoms with Gasteiger partial charge in [0, 0.05) is 36.8 Å². The largest absolute Gasteiger partial charge is 0.297 e. The molecule has 0 N–H and O–H groups in total. The highest BCUT2D eigenvalue weighted by Crippen LogP contribution is 2.24. The van der Waals surface area contributed by atoms with Crippen LogP contribution in [0.3, 0.4) is 0 Å². The third-order valence-electron chi connectivity index (χ3n) is 3.75. The third-order valence-corrected chi connectivity index (χ3v) is 6.44. The normalized spacial score (nSPS) is 21.2. The number of thiazole rings is 1. The molecule has 0 aromatic carbocycles. The number of hydrogen-bond donors (Lipinski definition) is 0. The Balaban J connectivity index is 1.67. The summed E-state index contributed by atoms with van der Waals surface area (Å²) in [4.78, 5) is 6.71. The molecule has 3 heterocycles. The van der Waals surface area contributed by atoms with Crippen LogP contribution in [0.4, 0.5) is 0 Å². The van der Waals surface area contributed by atoms with E-state index in [9.17, 15) is 8.42 Å². The van der Waals surface area contributed by atoms with E-state index in [1.807, 2.05) is 25.7 Å². The van der Waals surface area contributed by atoms with Crippen LogP contribution in [0.2, 0.25) is 0 Å². The van der Waals surface area contributed by atoms with Crippen molar-refractivity contribution in [3.05, 3.63) is 23.5 Å². The number of nitrogens with zero attached hydrogens (tertiary/aromatic N) is 4. The quantitative estimate of drug-likeness (QED) is 0.843. The van der Waals surface area contributed by atoms with Gasteiger partial charge in [0.2, 0.25) is 0 Å². The molecule has 0 radical (unpaired) electrons. The van der Waals surface area contributed by atoms with Gasteiger partial charge in [-0.3, -0.25) is 9.58 Å². The maximum atomic E-state index is 11.5. The summed E-state index contributed by atoms with van der Waals surface area (Å²) >= 11 is 1.59. The minimum Gasteiger partial charge on any atom is -0.297 e. The van der Waals surface area contributed by atoms with E-state index in [0.717, 1.165) is 22.7 Å². The first kappa shape index (κ1) is 14.7. The van der Waals surface area contributed by atoms with Crippen LogP contribution in [0.5, 0.6) is 0 Å². The van der Waals surface area contributed by atoms with Crippen LogP contribution in [0.25, 0.3) is 10.6 Å². The first-order chi connectivity index (χ1) is 9.93. The molecule has 2 aromatic rings. The highest BCUT2D eigenvalue weighted by molar-refractivity contribution is 7.91. The third kappa shape index (κ3) is 3.33. The van der Waals surface area contributed by atoms with Crippen LogP contribution in [-0.4, -0.2) is 52.7 Å². The topological polar surface area (TPSA) is 68.1 Å². The number of aryl methyl sites for hydroxylation is 1. The van der Waals surface area contributed by atoms with E-state index in [4.69, 9.17) is 0 Å². The highest BCUT2D eigenvalue weighted by Gasteiger charge is 2.30. The van der Waals surface area contributed by atoms with Gasteiger partial charge in [0.15, 0.2) is 9.84 Å². The lowest BCUT2D eigenvalue weighted by Gasteiger charge is -2.21. The van der Waals surface area contributed by atoms with Crippen molar-refractivity contribution in [1.29, 1.82) is 0 Å². The van der Waals surface area contributed by atoms with Gasteiger partial charge >= 0.3 is 0 Å². The summed E-state index contributed by atoms with van der Waals surface area (Å²) < 4.78 is 24.8. The summed E-state index contributed by atoms with van der Waals surface area (Å²) in [6.07, 6.45) is 4.46. The van der Waals surface area contributed by atoms with Crippen molar-refractivity contribution in [2.75, 3.05) is 18.6 Å². The van der Waals surface area contributed by atoms with Crippen LogP contribution in [-0.2, 0) is 23.4 Å². The minimum absolute atomic E-state index is 0.110. The average Bonchev–Trinajstić information content (AvgIpc) is 3.09. The van der Waals surface area contributed by atoms with Gasteiger partial charge in [-0.15, -0.1) is 11.3 Å². The van der Waals surface area contributed by atoms with Crippen molar-refractivity contribution in [3.8, 4) is 10.6 Å². The summed E-state index contributed by atoms with van der Waals surface area (Å²) in [5.74, 6) is 0.573. The summed E-state index contributed by atoms with van der Waals surface area (Å²) in [5.41, 5.74) is 1.99. The van der Waals surface area contributed by atoms with Gasteiger partial charge < -0.3 is 0 Å². The Morgan fingerprint density at radius 3 is 2.95 bits per heavy atom. The molecule has 0 saturated carbocycles. The molecule has 1 aliphatic heterocycles. The fourth-order valence-corrected chi connectivity index (χ4v) is 5.14. The number of rotatable bonds is 4. The molecular formula is C13H18N4O2S2. The summed E-state index contributed by atoms with van der Waals surface area (Å²) in [7, 11) is 1.01. The standard InChI is InChI=1S/C13H18N4O2S2/c1-16(12-3-4-21(18,19)9-12)7-11-8-20-13(15-11)10-5-14-17(2)6-10/h5-6,8,12H,3-4,7,9H2,1-2H3. The van der Waals surface area contributed by atoms with Crippen LogP contribution >= 0.6 is 11.3 Å². The Hall–Kier alpha value is -1.25. The van der Waals surface area contributed by atoms with E-state index in [1.165, 1.54) is 0 Å². The molecule has 1 saturated heterocycles. The smallest absolute Gasteiger partial charge is 0.151 e. The van der Waals surface area contributed by atoms with Gasteiger partial charge in [-0.1, -0.05) is 0 Å². The first-order valence-corrected chi connectivity index (χ1v) is 9.47. The van der Waals surface area contributed by atoms with E-state index < -0.39 is 9.84 Å². The van der Waals surface area contributed by atoms with Crippen molar-refractivity contribution in [1.82, 2.24) is 19.7 Å². The van der Waals surface area contributed by atoms with Crippen molar-refractivity contribution in [3.63, 3.8) is 0 Å². The zero-order valence-electron chi connectivity index (χ0n) is 12.1. The van der Waals surface area contributed by atoms with Crippen LogP contribution in [0.1, 0.15) is 12.1 Å². The lowest BCUT2D eigenvalue weighted by molar-refractivity contribution is 0.251. The molecule has 1 atom stereocenters. The molecule has 0 aliphatic carbocycles. The molecule has 0 amide bonds. The van der Waals surface area contributed by atoms with Crippen molar-refractivity contribution < 1.29 is 8.42 Å². The van der Waals surface area contributed by atoms with E-state index in [1.54, 1.807) is 22.2 Å². The summed E-state index contributed by atoms with van der Waals surface area (Å²) in [5, 5.41) is 7.13. The Morgan fingerprint density at radius 1 is 1.52 bits per heavy atom. The van der Waals surface area contributed by atoms with Crippen molar-refractivity contribution >= 4 is 21.2 Å². The SMILES string of the molecule is CN(Cc1csc(-c2cnn(C)c2)n1)C1CCS(=O)(=O)C1. The van der Waals surface area contributed by atoms with Crippen LogP contribution in [0.15, 0.2) is 17.8 Å². The zero-order chi connectivity index (χ0) is 15.0. The summed E-state index contributed by atoms with van der Waals surface area (Å²) in [6.45, 7) is 0.678. The van der Waals surface area contributed by atoms with Gasteiger partial charge in [-0.05, 0) is 13.5 Å².